The summed E-state index contributed by atoms with van der Waals surface area (Å²) < 4.78 is 27.9. The lowest BCUT2D eigenvalue weighted by molar-refractivity contribution is 0.319. The summed E-state index contributed by atoms with van der Waals surface area (Å²) in [5.41, 5.74) is 5.66. The second-order valence-electron chi connectivity index (χ2n) is 5.11. The average Bonchev–Trinajstić information content (AvgIpc) is 2.54. The van der Waals surface area contributed by atoms with Crippen molar-refractivity contribution in [3.63, 3.8) is 0 Å². The number of nitrogens with two attached hydrogens (primary N) is 1. The first-order valence-corrected chi connectivity index (χ1v) is 7.41. The molecule has 0 radical (unpaired) electrons. The number of aryl methyl sites for hydroxylation is 1. The third-order valence-electron chi connectivity index (χ3n) is 2.53. The molecular weight excluding hydrogens is 252 g/mol. The van der Waals surface area contributed by atoms with Gasteiger partial charge >= 0.3 is 0 Å². The van der Waals surface area contributed by atoms with Crippen LogP contribution in [0.4, 0.5) is 5.82 Å². The van der Waals surface area contributed by atoms with E-state index in [2.05, 4.69) is 5.10 Å². The Bertz CT molecular complexity index is 505. The van der Waals surface area contributed by atoms with Crippen molar-refractivity contribution in [2.75, 3.05) is 12.3 Å². The van der Waals surface area contributed by atoms with Crippen LogP contribution in [0.1, 0.15) is 27.7 Å². The molecule has 0 aliphatic rings. The van der Waals surface area contributed by atoms with Crippen molar-refractivity contribution in [1.29, 1.82) is 0 Å². The molecule has 6 nitrogen and oxygen atoms in total. The minimum atomic E-state index is -3.58. The van der Waals surface area contributed by atoms with E-state index in [1.165, 1.54) is 15.2 Å². The van der Waals surface area contributed by atoms with Crippen LogP contribution in [0.2, 0.25) is 0 Å². The molecule has 18 heavy (non-hydrogen) atoms. The van der Waals surface area contributed by atoms with Gasteiger partial charge in [0.25, 0.3) is 0 Å². The Balaban J connectivity index is 3.21. The Morgan fingerprint density at radius 2 is 1.94 bits per heavy atom. The predicted molar refractivity (Wildman–Crippen MR) is 71.5 cm³/mol. The molecule has 1 aromatic rings. The van der Waals surface area contributed by atoms with E-state index in [0.717, 1.165) is 0 Å². The van der Waals surface area contributed by atoms with Crippen LogP contribution in [0.3, 0.4) is 0 Å². The molecule has 0 bridgehead atoms. The van der Waals surface area contributed by atoms with Crippen molar-refractivity contribution in [3.05, 3.63) is 6.20 Å². The largest absolute Gasteiger partial charge is 0.381 e. The highest BCUT2D eigenvalue weighted by Crippen LogP contribution is 2.23. The van der Waals surface area contributed by atoms with Gasteiger partial charge in [0.05, 0.1) is 0 Å². The molecule has 0 saturated carbocycles. The fourth-order valence-corrected chi connectivity index (χ4v) is 3.65. The molecule has 0 atom stereocenters. The minimum Gasteiger partial charge on any atom is -0.381 e. The molecule has 0 amide bonds. The Hall–Kier alpha value is -1.08. The summed E-state index contributed by atoms with van der Waals surface area (Å²) in [5, 5.41) is 3.89. The van der Waals surface area contributed by atoms with Crippen LogP contribution in [0, 0.1) is 5.92 Å². The van der Waals surface area contributed by atoms with Crippen molar-refractivity contribution < 1.29 is 8.42 Å². The lowest BCUT2D eigenvalue weighted by Gasteiger charge is -2.27. The van der Waals surface area contributed by atoms with E-state index < -0.39 is 10.0 Å². The van der Waals surface area contributed by atoms with E-state index in [-0.39, 0.29) is 22.7 Å². The lowest BCUT2D eigenvalue weighted by atomic mass is 10.2. The third-order valence-corrected chi connectivity index (χ3v) is 4.59. The first-order chi connectivity index (χ1) is 8.16. The molecule has 0 saturated heterocycles. The quantitative estimate of drug-likeness (QED) is 0.870. The molecule has 0 unspecified atom stereocenters. The van der Waals surface area contributed by atoms with Gasteiger partial charge in [0.15, 0.2) is 5.82 Å². The molecule has 2 N–H and O–H groups in total. The summed E-state index contributed by atoms with van der Waals surface area (Å²) >= 11 is 0. The van der Waals surface area contributed by atoms with Gasteiger partial charge in [-0.25, -0.2) is 8.42 Å². The maximum atomic E-state index is 12.5. The highest BCUT2D eigenvalue weighted by molar-refractivity contribution is 7.89. The standard InChI is InChI=1S/C11H22N4O2S/c1-8(2)6-15(9(3)4)18(16,17)10-7-14(5)13-11(10)12/h7-9H,6H2,1-5H3,(H2,12,13). The van der Waals surface area contributed by atoms with Crippen LogP contribution in [-0.2, 0) is 17.1 Å². The fourth-order valence-electron chi connectivity index (χ4n) is 1.76. The zero-order chi connectivity index (χ0) is 14.1. The highest BCUT2D eigenvalue weighted by Gasteiger charge is 2.30. The van der Waals surface area contributed by atoms with Crippen molar-refractivity contribution in [1.82, 2.24) is 14.1 Å². The van der Waals surface area contributed by atoms with Crippen molar-refractivity contribution in [2.45, 2.75) is 38.6 Å². The molecule has 1 aromatic heterocycles. The Kier molecular flexibility index (Phi) is 4.39. The molecule has 0 aliphatic heterocycles. The summed E-state index contributed by atoms with van der Waals surface area (Å²) in [5.74, 6) is 0.298. The van der Waals surface area contributed by atoms with Gasteiger partial charge in [-0.1, -0.05) is 13.8 Å². The van der Waals surface area contributed by atoms with E-state index in [1.54, 1.807) is 7.05 Å². The zero-order valence-corrected chi connectivity index (χ0v) is 12.4. The number of hydrogen-bond donors (Lipinski definition) is 1. The molecule has 0 aromatic carbocycles. The van der Waals surface area contributed by atoms with Crippen LogP contribution in [0.25, 0.3) is 0 Å². The first-order valence-electron chi connectivity index (χ1n) is 5.97. The van der Waals surface area contributed by atoms with E-state index in [4.69, 9.17) is 5.73 Å². The molecule has 1 rings (SSSR count). The molecule has 0 spiro atoms. The van der Waals surface area contributed by atoms with Gasteiger partial charge < -0.3 is 5.73 Å². The summed E-state index contributed by atoms with van der Waals surface area (Å²) in [7, 11) is -1.93. The number of anilines is 1. The molecule has 1 heterocycles. The second-order valence-corrected chi connectivity index (χ2v) is 6.97. The number of nitrogen functional groups attached to an aromatic ring is 1. The van der Waals surface area contributed by atoms with Gasteiger partial charge in [0.2, 0.25) is 10.0 Å². The average molecular weight is 274 g/mol. The maximum Gasteiger partial charge on any atom is 0.248 e. The van der Waals surface area contributed by atoms with Gasteiger partial charge in [0, 0.05) is 25.8 Å². The monoisotopic (exact) mass is 274 g/mol. The SMILES string of the molecule is CC(C)CN(C(C)C)S(=O)(=O)c1cn(C)nc1N. The predicted octanol–water partition coefficient (Wildman–Crippen LogP) is 1.06. The highest BCUT2D eigenvalue weighted by atomic mass is 32.2. The van der Waals surface area contributed by atoms with Crippen LogP contribution >= 0.6 is 0 Å². The molecule has 104 valence electrons. The summed E-state index contributed by atoms with van der Waals surface area (Å²) in [6.07, 6.45) is 1.44. The van der Waals surface area contributed by atoms with E-state index in [9.17, 15) is 8.42 Å². The smallest absolute Gasteiger partial charge is 0.248 e. The van der Waals surface area contributed by atoms with Gasteiger partial charge in [-0.2, -0.15) is 9.40 Å². The number of aromatic nitrogens is 2. The summed E-state index contributed by atoms with van der Waals surface area (Å²) in [6, 6.07) is -0.114. The van der Waals surface area contributed by atoms with Crippen LogP contribution in [0.5, 0.6) is 0 Å². The fraction of sp³-hybridized carbons (Fsp3) is 0.727. The summed E-state index contributed by atoms with van der Waals surface area (Å²) in [4.78, 5) is 0.0827. The number of rotatable bonds is 5. The van der Waals surface area contributed by atoms with Crippen molar-refractivity contribution >= 4 is 15.8 Å². The first kappa shape index (κ1) is 15.0. The molecule has 7 heteroatoms. The number of sulfonamides is 1. The van der Waals surface area contributed by atoms with E-state index >= 15 is 0 Å². The molecular formula is C11H22N4O2S. The zero-order valence-electron chi connectivity index (χ0n) is 11.6. The Morgan fingerprint density at radius 1 is 1.39 bits per heavy atom. The lowest BCUT2D eigenvalue weighted by Crippen LogP contribution is -2.39. The molecule has 0 aliphatic carbocycles. The number of nitrogens with zero attached hydrogens (tertiary/aromatic N) is 3. The Labute approximate surface area is 109 Å². The minimum absolute atomic E-state index is 0.0481. The Morgan fingerprint density at radius 3 is 2.28 bits per heavy atom. The summed E-state index contributed by atoms with van der Waals surface area (Å²) in [6.45, 7) is 8.14. The van der Waals surface area contributed by atoms with Gasteiger partial charge in [0.1, 0.15) is 4.90 Å². The molecule has 0 fully saturated rings. The van der Waals surface area contributed by atoms with Gasteiger partial charge in [-0.15, -0.1) is 0 Å². The van der Waals surface area contributed by atoms with Gasteiger partial charge in [-0.3, -0.25) is 4.68 Å². The van der Waals surface area contributed by atoms with Crippen molar-refractivity contribution in [3.8, 4) is 0 Å². The van der Waals surface area contributed by atoms with E-state index in [1.807, 2.05) is 27.7 Å². The van der Waals surface area contributed by atoms with E-state index in [0.29, 0.717) is 6.54 Å². The van der Waals surface area contributed by atoms with Gasteiger partial charge in [-0.05, 0) is 19.8 Å². The third kappa shape index (κ3) is 3.02. The van der Waals surface area contributed by atoms with Crippen LogP contribution in [0.15, 0.2) is 11.1 Å². The second kappa shape index (κ2) is 5.27. The van der Waals surface area contributed by atoms with Crippen molar-refractivity contribution in [2.24, 2.45) is 13.0 Å². The maximum absolute atomic E-state index is 12.5. The van der Waals surface area contributed by atoms with Crippen LogP contribution in [-0.4, -0.2) is 35.1 Å². The normalized spacial score (nSPS) is 12.9. The number of hydrogen-bond acceptors (Lipinski definition) is 4. The van der Waals surface area contributed by atoms with Crippen LogP contribution < -0.4 is 5.73 Å². The topological polar surface area (TPSA) is 81.2 Å².